The van der Waals surface area contributed by atoms with E-state index in [0.29, 0.717) is 12.2 Å². The molecule has 1 unspecified atom stereocenters. The minimum absolute atomic E-state index is 0.481. The lowest BCUT2D eigenvalue weighted by atomic mass is 10.1. The Bertz CT molecular complexity index is 629. The number of aliphatic carboxylic acids is 1. The van der Waals surface area contributed by atoms with Crippen LogP contribution in [0.1, 0.15) is 18.9 Å². The number of anilines is 1. The monoisotopic (exact) mass is 331 g/mol. The van der Waals surface area contributed by atoms with Crippen LogP contribution in [-0.2, 0) is 4.79 Å². The Morgan fingerprint density at radius 1 is 1.22 bits per heavy atom. The lowest BCUT2D eigenvalue weighted by Gasteiger charge is -2.14. The van der Waals surface area contributed by atoms with Crippen molar-refractivity contribution in [2.45, 2.75) is 26.3 Å². The fourth-order valence-corrected chi connectivity index (χ4v) is 2.76. The number of carbonyl (C=O) groups is 1. The van der Waals surface area contributed by atoms with E-state index in [4.69, 9.17) is 0 Å². The number of carboxylic acids is 1. The molecule has 0 radical (unpaired) electrons. The van der Waals surface area contributed by atoms with Gasteiger partial charge in [-0.2, -0.15) is 11.8 Å². The zero-order valence-corrected chi connectivity index (χ0v) is 14.1. The van der Waals surface area contributed by atoms with Crippen LogP contribution >= 0.6 is 11.8 Å². The normalized spacial score (nSPS) is 11.9. The Morgan fingerprint density at radius 3 is 2.52 bits per heavy atom. The predicted octanol–water partition coefficient (Wildman–Crippen LogP) is 3.46. The molecule has 0 aliphatic rings. The van der Waals surface area contributed by atoms with Crippen LogP contribution in [-0.4, -0.2) is 38.8 Å². The van der Waals surface area contributed by atoms with Gasteiger partial charge in [0.05, 0.1) is 5.69 Å². The molecular weight excluding hydrogens is 310 g/mol. The Kier molecular flexibility index (Phi) is 6.40. The molecule has 122 valence electrons. The molecule has 0 fully saturated rings. The van der Waals surface area contributed by atoms with Gasteiger partial charge in [-0.15, -0.1) is 10.2 Å². The van der Waals surface area contributed by atoms with Crippen LogP contribution in [0.2, 0.25) is 0 Å². The van der Waals surface area contributed by atoms with E-state index in [1.807, 2.05) is 37.3 Å². The molecule has 2 aromatic rings. The maximum Gasteiger partial charge on any atom is 0.326 e. The first-order valence-electron chi connectivity index (χ1n) is 7.58. The number of thioether (sulfide) groups is 1. The highest BCUT2D eigenvalue weighted by Crippen LogP contribution is 2.18. The summed E-state index contributed by atoms with van der Waals surface area (Å²) in [6.07, 6.45) is 0.551. The van der Waals surface area contributed by atoms with Gasteiger partial charge in [-0.05, 0) is 37.0 Å². The quantitative estimate of drug-likeness (QED) is 0.722. The summed E-state index contributed by atoms with van der Waals surface area (Å²) in [5.41, 5.74) is 2.95. The number of carboxylic acid groups (broad SMARTS) is 1. The number of benzene rings is 1. The van der Waals surface area contributed by atoms with Gasteiger partial charge in [0.15, 0.2) is 0 Å². The molecule has 0 bridgehead atoms. The van der Waals surface area contributed by atoms with Gasteiger partial charge in [-0.1, -0.05) is 36.8 Å². The number of aryl methyl sites for hydroxylation is 1. The van der Waals surface area contributed by atoms with Crippen LogP contribution in [0, 0.1) is 6.92 Å². The Hall–Kier alpha value is -2.08. The van der Waals surface area contributed by atoms with E-state index in [1.54, 1.807) is 17.8 Å². The molecule has 2 N–H and O–H groups in total. The molecule has 0 aliphatic carbocycles. The minimum Gasteiger partial charge on any atom is -0.480 e. The average Bonchev–Trinajstić information content (AvgIpc) is 2.55. The molecule has 0 amide bonds. The highest BCUT2D eigenvalue weighted by molar-refractivity contribution is 7.99. The third-order valence-electron chi connectivity index (χ3n) is 3.39. The second-order valence-corrected chi connectivity index (χ2v) is 6.58. The van der Waals surface area contributed by atoms with E-state index in [1.165, 1.54) is 5.56 Å². The van der Waals surface area contributed by atoms with E-state index >= 15 is 0 Å². The maximum atomic E-state index is 11.3. The molecule has 1 heterocycles. The van der Waals surface area contributed by atoms with Crippen LogP contribution in [0.3, 0.4) is 0 Å². The number of hydrogen-bond donors (Lipinski definition) is 2. The van der Waals surface area contributed by atoms with Crippen molar-refractivity contribution >= 4 is 23.5 Å². The van der Waals surface area contributed by atoms with E-state index in [9.17, 15) is 9.90 Å². The van der Waals surface area contributed by atoms with Crippen molar-refractivity contribution in [1.82, 2.24) is 10.2 Å². The third-order valence-corrected chi connectivity index (χ3v) is 4.32. The fourth-order valence-electron chi connectivity index (χ4n) is 2.07. The molecule has 0 spiro atoms. The summed E-state index contributed by atoms with van der Waals surface area (Å²) in [6.45, 7) is 4.09. The zero-order valence-electron chi connectivity index (χ0n) is 13.3. The van der Waals surface area contributed by atoms with Crippen LogP contribution in [0.5, 0.6) is 0 Å². The summed E-state index contributed by atoms with van der Waals surface area (Å²) >= 11 is 1.73. The van der Waals surface area contributed by atoms with Gasteiger partial charge in [0.1, 0.15) is 11.9 Å². The number of aromatic nitrogens is 2. The summed E-state index contributed by atoms with van der Waals surface area (Å²) in [5.74, 6) is 1.40. The first-order valence-corrected chi connectivity index (χ1v) is 8.73. The average molecular weight is 331 g/mol. The van der Waals surface area contributed by atoms with Crippen LogP contribution < -0.4 is 5.32 Å². The van der Waals surface area contributed by atoms with Crippen molar-refractivity contribution in [3.63, 3.8) is 0 Å². The molecule has 1 atom stereocenters. The summed E-state index contributed by atoms with van der Waals surface area (Å²) in [5, 5.41) is 20.5. The fraction of sp³-hybridized carbons (Fsp3) is 0.353. The first kappa shape index (κ1) is 17.3. The van der Waals surface area contributed by atoms with Crippen molar-refractivity contribution in [3.05, 3.63) is 42.0 Å². The van der Waals surface area contributed by atoms with E-state index in [2.05, 4.69) is 22.4 Å². The predicted molar refractivity (Wildman–Crippen MR) is 94.9 cm³/mol. The van der Waals surface area contributed by atoms with E-state index in [-0.39, 0.29) is 0 Å². The highest BCUT2D eigenvalue weighted by atomic mass is 32.2. The zero-order chi connectivity index (χ0) is 16.7. The number of nitrogens with one attached hydrogen (secondary N) is 1. The second kappa shape index (κ2) is 8.53. The molecule has 2 rings (SSSR count). The Labute approximate surface area is 140 Å². The van der Waals surface area contributed by atoms with Crippen LogP contribution in [0.15, 0.2) is 36.4 Å². The standard InChI is InChI=1S/C17H21N3O2S/c1-3-23-11-10-15(17(21)22)18-16-9-8-14(19-20-16)13-6-4-12(2)5-7-13/h4-9,15H,3,10-11H2,1-2H3,(H,18,20)(H,21,22). The maximum absolute atomic E-state index is 11.3. The van der Waals surface area contributed by atoms with Crippen molar-refractivity contribution in [1.29, 1.82) is 0 Å². The molecule has 1 aromatic carbocycles. The largest absolute Gasteiger partial charge is 0.480 e. The van der Waals surface area contributed by atoms with Gasteiger partial charge in [0, 0.05) is 5.56 Å². The summed E-state index contributed by atoms with van der Waals surface area (Å²) < 4.78 is 0. The number of hydrogen-bond acceptors (Lipinski definition) is 5. The molecule has 1 aromatic heterocycles. The second-order valence-electron chi connectivity index (χ2n) is 5.19. The van der Waals surface area contributed by atoms with Gasteiger partial charge in [-0.3, -0.25) is 0 Å². The van der Waals surface area contributed by atoms with Gasteiger partial charge in [-0.25, -0.2) is 4.79 Å². The smallest absolute Gasteiger partial charge is 0.326 e. The van der Waals surface area contributed by atoms with Gasteiger partial charge >= 0.3 is 5.97 Å². The van der Waals surface area contributed by atoms with Gasteiger partial charge < -0.3 is 10.4 Å². The minimum atomic E-state index is -0.869. The van der Waals surface area contributed by atoms with Crippen molar-refractivity contribution in [3.8, 4) is 11.3 Å². The third kappa shape index (κ3) is 5.25. The lowest BCUT2D eigenvalue weighted by molar-refractivity contribution is -0.137. The summed E-state index contributed by atoms with van der Waals surface area (Å²) in [6, 6.07) is 11.0. The molecule has 0 aliphatic heterocycles. The van der Waals surface area contributed by atoms with E-state index in [0.717, 1.165) is 22.8 Å². The molecule has 5 nitrogen and oxygen atoms in total. The van der Waals surface area contributed by atoms with Crippen LogP contribution in [0.25, 0.3) is 11.3 Å². The summed E-state index contributed by atoms with van der Waals surface area (Å²) in [4.78, 5) is 11.3. The first-order chi connectivity index (χ1) is 11.1. The van der Waals surface area contributed by atoms with Crippen molar-refractivity contribution in [2.75, 3.05) is 16.8 Å². The Balaban J connectivity index is 2.03. The van der Waals surface area contributed by atoms with Gasteiger partial charge in [0.2, 0.25) is 0 Å². The SMILES string of the molecule is CCSCCC(Nc1ccc(-c2ccc(C)cc2)nn1)C(=O)O. The van der Waals surface area contributed by atoms with Crippen LogP contribution in [0.4, 0.5) is 5.82 Å². The number of nitrogens with zero attached hydrogens (tertiary/aromatic N) is 2. The summed E-state index contributed by atoms with van der Waals surface area (Å²) in [7, 11) is 0. The van der Waals surface area contributed by atoms with Crippen molar-refractivity contribution in [2.24, 2.45) is 0 Å². The van der Waals surface area contributed by atoms with Crippen molar-refractivity contribution < 1.29 is 9.90 Å². The molecule has 23 heavy (non-hydrogen) atoms. The number of rotatable bonds is 8. The van der Waals surface area contributed by atoms with Gasteiger partial charge in [0.25, 0.3) is 0 Å². The molecule has 6 heteroatoms. The highest BCUT2D eigenvalue weighted by Gasteiger charge is 2.17. The molecular formula is C17H21N3O2S. The molecule has 0 saturated carbocycles. The molecule has 0 saturated heterocycles. The lowest BCUT2D eigenvalue weighted by Crippen LogP contribution is -2.30. The Morgan fingerprint density at radius 2 is 1.96 bits per heavy atom. The topological polar surface area (TPSA) is 75.1 Å². The van der Waals surface area contributed by atoms with E-state index < -0.39 is 12.0 Å².